The Labute approximate surface area is 104 Å². The Morgan fingerprint density at radius 2 is 2.00 bits per heavy atom. The van der Waals surface area contributed by atoms with Crippen LogP contribution in [-0.2, 0) is 11.3 Å². The zero-order valence-corrected chi connectivity index (χ0v) is 10.9. The van der Waals surface area contributed by atoms with Gasteiger partial charge in [-0.2, -0.15) is 0 Å². The smallest absolute Gasteiger partial charge is 0.146 e. The largest absolute Gasteiger partial charge is 0.298 e. The highest BCUT2D eigenvalue weighted by Gasteiger charge is 2.39. The SMILES string of the molecule is CC(=O)C1CC(C)(C)CN1Cc1ccccc1. The minimum atomic E-state index is 0.102. The molecule has 0 radical (unpaired) electrons. The Kier molecular flexibility index (Phi) is 3.34. The van der Waals surface area contributed by atoms with E-state index in [1.807, 2.05) is 6.07 Å². The second kappa shape index (κ2) is 4.61. The van der Waals surface area contributed by atoms with Gasteiger partial charge in [0.2, 0.25) is 0 Å². The van der Waals surface area contributed by atoms with Gasteiger partial charge in [-0.1, -0.05) is 44.2 Å². The summed E-state index contributed by atoms with van der Waals surface area (Å²) in [5, 5.41) is 0. The van der Waals surface area contributed by atoms with Crippen LogP contribution < -0.4 is 0 Å². The summed E-state index contributed by atoms with van der Waals surface area (Å²) in [5.41, 5.74) is 1.54. The third-order valence-electron chi connectivity index (χ3n) is 3.52. The molecule has 0 saturated carbocycles. The molecule has 1 aliphatic heterocycles. The highest BCUT2D eigenvalue weighted by molar-refractivity contribution is 5.81. The third-order valence-corrected chi connectivity index (χ3v) is 3.52. The molecule has 1 heterocycles. The molecule has 0 aliphatic carbocycles. The summed E-state index contributed by atoms with van der Waals surface area (Å²) in [6.07, 6.45) is 0.981. The molecule has 1 aromatic carbocycles. The highest BCUT2D eigenvalue weighted by atomic mass is 16.1. The standard InChI is InChI=1S/C15H21NO/c1-12(17)14-9-15(2,3)11-16(14)10-13-7-5-4-6-8-13/h4-8,14H,9-11H2,1-3H3. The predicted molar refractivity (Wildman–Crippen MR) is 69.7 cm³/mol. The Hall–Kier alpha value is -1.15. The van der Waals surface area contributed by atoms with Gasteiger partial charge in [-0.3, -0.25) is 9.69 Å². The quantitative estimate of drug-likeness (QED) is 0.797. The number of hydrogen-bond acceptors (Lipinski definition) is 2. The molecule has 17 heavy (non-hydrogen) atoms. The molecule has 1 atom stereocenters. The summed E-state index contributed by atoms with van der Waals surface area (Å²) in [7, 11) is 0. The van der Waals surface area contributed by atoms with Crippen LogP contribution in [0.1, 0.15) is 32.8 Å². The van der Waals surface area contributed by atoms with Gasteiger partial charge in [0.05, 0.1) is 6.04 Å². The lowest BCUT2D eigenvalue weighted by molar-refractivity contribution is -0.121. The fourth-order valence-corrected chi connectivity index (χ4v) is 2.76. The first-order valence-electron chi connectivity index (χ1n) is 6.26. The van der Waals surface area contributed by atoms with E-state index in [1.165, 1.54) is 5.56 Å². The summed E-state index contributed by atoms with van der Waals surface area (Å²) < 4.78 is 0. The molecule has 2 nitrogen and oxygen atoms in total. The maximum atomic E-state index is 11.7. The molecule has 1 saturated heterocycles. The van der Waals surface area contributed by atoms with Crippen LogP contribution in [0.25, 0.3) is 0 Å². The maximum Gasteiger partial charge on any atom is 0.146 e. The molecular weight excluding hydrogens is 210 g/mol. The van der Waals surface area contributed by atoms with Gasteiger partial charge in [0, 0.05) is 13.1 Å². The van der Waals surface area contributed by atoms with E-state index in [4.69, 9.17) is 0 Å². The van der Waals surface area contributed by atoms with E-state index in [9.17, 15) is 4.79 Å². The highest BCUT2D eigenvalue weighted by Crippen LogP contribution is 2.35. The normalized spacial score (nSPS) is 23.8. The van der Waals surface area contributed by atoms with Gasteiger partial charge in [0.15, 0.2) is 0 Å². The van der Waals surface area contributed by atoms with E-state index in [0.717, 1.165) is 19.5 Å². The minimum Gasteiger partial charge on any atom is -0.298 e. The Morgan fingerprint density at radius 1 is 1.35 bits per heavy atom. The van der Waals surface area contributed by atoms with E-state index in [1.54, 1.807) is 6.92 Å². The third kappa shape index (κ3) is 2.95. The average molecular weight is 231 g/mol. The lowest BCUT2D eigenvalue weighted by Crippen LogP contribution is -2.34. The number of Topliss-reactive ketones (excluding diaryl/α,β-unsaturated/α-hetero) is 1. The number of nitrogens with zero attached hydrogens (tertiary/aromatic N) is 1. The number of carbonyl (C=O) groups excluding carboxylic acids is 1. The van der Waals surface area contributed by atoms with Crippen molar-refractivity contribution in [3.8, 4) is 0 Å². The summed E-state index contributed by atoms with van der Waals surface area (Å²) in [5.74, 6) is 0.298. The molecule has 2 heteroatoms. The number of ketones is 1. The number of likely N-dealkylation sites (tertiary alicyclic amines) is 1. The van der Waals surface area contributed by atoms with E-state index < -0.39 is 0 Å². The molecule has 0 amide bonds. The van der Waals surface area contributed by atoms with Crippen molar-refractivity contribution in [3.63, 3.8) is 0 Å². The molecule has 0 bridgehead atoms. The lowest BCUT2D eigenvalue weighted by Gasteiger charge is -2.22. The number of rotatable bonds is 3. The summed E-state index contributed by atoms with van der Waals surface area (Å²) in [6, 6.07) is 10.5. The van der Waals surface area contributed by atoms with Crippen LogP contribution >= 0.6 is 0 Å². The van der Waals surface area contributed by atoms with Gasteiger partial charge in [-0.05, 0) is 24.3 Å². The number of benzene rings is 1. The Morgan fingerprint density at radius 3 is 2.59 bits per heavy atom. The molecule has 1 aromatic rings. The Bertz CT molecular complexity index is 397. The van der Waals surface area contributed by atoms with E-state index in [0.29, 0.717) is 5.78 Å². The topological polar surface area (TPSA) is 20.3 Å². The van der Waals surface area contributed by atoms with Crippen molar-refractivity contribution in [2.75, 3.05) is 6.54 Å². The van der Waals surface area contributed by atoms with Crippen molar-refractivity contribution in [3.05, 3.63) is 35.9 Å². The number of carbonyl (C=O) groups is 1. The van der Waals surface area contributed by atoms with Crippen molar-refractivity contribution in [1.29, 1.82) is 0 Å². The zero-order valence-electron chi connectivity index (χ0n) is 10.9. The molecular formula is C15H21NO. The Balaban J connectivity index is 2.12. The fourth-order valence-electron chi connectivity index (χ4n) is 2.76. The van der Waals surface area contributed by atoms with Crippen LogP contribution in [0.3, 0.4) is 0 Å². The summed E-state index contributed by atoms with van der Waals surface area (Å²) >= 11 is 0. The van der Waals surface area contributed by atoms with Crippen molar-refractivity contribution in [1.82, 2.24) is 4.90 Å². The molecule has 2 rings (SSSR count). The predicted octanol–water partition coefficient (Wildman–Crippen LogP) is 2.88. The van der Waals surface area contributed by atoms with Gasteiger partial charge in [-0.25, -0.2) is 0 Å². The summed E-state index contributed by atoms with van der Waals surface area (Å²) in [4.78, 5) is 14.0. The molecule has 92 valence electrons. The van der Waals surface area contributed by atoms with Crippen LogP contribution in [0.15, 0.2) is 30.3 Å². The maximum absolute atomic E-state index is 11.7. The van der Waals surface area contributed by atoms with Crippen LogP contribution in [-0.4, -0.2) is 23.3 Å². The van der Waals surface area contributed by atoms with E-state index >= 15 is 0 Å². The molecule has 1 fully saturated rings. The molecule has 0 N–H and O–H groups in total. The molecule has 0 spiro atoms. The second-order valence-corrected chi connectivity index (χ2v) is 5.89. The first kappa shape index (κ1) is 12.3. The molecule has 1 aliphatic rings. The lowest BCUT2D eigenvalue weighted by atomic mass is 9.90. The first-order valence-corrected chi connectivity index (χ1v) is 6.26. The van der Waals surface area contributed by atoms with Crippen LogP contribution in [0.4, 0.5) is 0 Å². The molecule has 1 unspecified atom stereocenters. The summed E-state index contributed by atoms with van der Waals surface area (Å²) in [6.45, 7) is 8.09. The van der Waals surface area contributed by atoms with E-state index in [2.05, 4.69) is 43.0 Å². The van der Waals surface area contributed by atoms with Crippen LogP contribution in [0, 0.1) is 5.41 Å². The first-order chi connectivity index (χ1) is 7.98. The number of hydrogen-bond donors (Lipinski definition) is 0. The van der Waals surface area contributed by atoms with Crippen molar-refractivity contribution < 1.29 is 4.79 Å². The fraction of sp³-hybridized carbons (Fsp3) is 0.533. The van der Waals surface area contributed by atoms with Crippen molar-refractivity contribution >= 4 is 5.78 Å². The van der Waals surface area contributed by atoms with Crippen LogP contribution in [0.5, 0.6) is 0 Å². The van der Waals surface area contributed by atoms with Gasteiger partial charge < -0.3 is 0 Å². The van der Waals surface area contributed by atoms with E-state index in [-0.39, 0.29) is 11.5 Å². The van der Waals surface area contributed by atoms with Gasteiger partial charge in [0.1, 0.15) is 5.78 Å². The van der Waals surface area contributed by atoms with Crippen molar-refractivity contribution in [2.24, 2.45) is 5.41 Å². The van der Waals surface area contributed by atoms with Gasteiger partial charge >= 0.3 is 0 Å². The average Bonchev–Trinajstić information content (AvgIpc) is 2.55. The molecule has 0 aromatic heterocycles. The second-order valence-electron chi connectivity index (χ2n) is 5.89. The minimum absolute atomic E-state index is 0.102. The zero-order chi connectivity index (χ0) is 12.5. The van der Waals surface area contributed by atoms with Crippen LogP contribution in [0.2, 0.25) is 0 Å². The van der Waals surface area contributed by atoms with Gasteiger partial charge in [-0.15, -0.1) is 0 Å². The van der Waals surface area contributed by atoms with Gasteiger partial charge in [0.25, 0.3) is 0 Å². The monoisotopic (exact) mass is 231 g/mol. The van der Waals surface area contributed by atoms with Crippen molar-refractivity contribution in [2.45, 2.75) is 39.8 Å².